The van der Waals surface area contributed by atoms with Gasteiger partial charge in [0.2, 0.25) is 0 Å². The van der Waals surface area contributed by atoms with E-state index in [0.717, 1.165) is 0 Å². The maximum absolute atomic E-state index is 11.7. The standard InChI is InChI=1S/C9H8N2O3S/c1-2-4-14-11-8(12)7-6(3-5-15-7)10-9(11)13/h2-3,5H,1,4H2,(H,10,13). The van der Waals surface area contributed by atoms with Gasteiger partial charge in [0.15, 0.2) is 0 Å². The van der Waals surface area contributed by atoms with Crippen molar-refractivity contribution in [1.29, 1.82) is 0 Å². The molecule has 0 aliphatic heterocycles. The quantitative estimate of drug-likeness (QED) is 0.766. The number of nitrogens with one attached hydrogen (secondary N) is 1. The topological polar surface area (TPSA) is 64.1 Å². The third kappa shape index (κ3) is 1.59. The summed E-state index contributed by atoms with van der Waals surface area (Å²) < 4.78 is 1.18. The van der Waals surface area contributed by atoms with Gasteiger partial charge in [-0.1, -0.05) is 17.4 Å². The summed E-state index contributed by atoms with van der Waals surface area (Å²) in [4.78, 5) is 30.6. The Bertz CT molecular complexity index is 608. The third-order valence-corrected chi connectivity index (χ3v) is 2.69. The number of aromatic nitrogens is 2. The minimum atomic E-state index is -0.576. The van der Waals surface area contributed by atoms with E-state index in [4.69, 9.17) is 4.84 Å². The van der Waals surface area contributed by atoms with Gasteiger partial charge in [-0.3, -0.25) is 4.79 Å². The van der Waals surface area contributed by atoms with Crippen molar-refractivity contribution in [1.82, 2.24) is 9.71 Å². The van der Waals surface area contributed by atoms with Crippen LogP contribution in [0.4, 0.5) is 0 Å². The highest BCUT2D eigenvalue weighted by Gasteiger charge is 2.08. The zero-order valence-corrected chi connectivity index (χ0v) is 8.54. The molecule has 0 radical (unpaired) electrons. The van der Waals surface area contributed by atoms with Crippen molar-refractivity contribution in [3.63, 3.8) is 0 Å². The molecule has 0 fully saturated rings. The Morgan fingerprint density at radius 3 is 3.13 bits per heavy atom. The molecule has 0 saturated heterocycles. The van der Waals surface area contributed by atoms with E-state index in [1.54, 1.807) is 11.4 Å². The van der Waals surface area contributed by atoms with E-state index in [-0.39, 0.29) is 6.61 Å². The number of fused-ring (bicyclic) bond motifs is 1. The Morgan fingerprint density at radius 1 is 1.60 bits per heavy atom. The monoisotopic (exact) mass is 224 g/mol. The first-order valence-electron chi connectivity index (χ1n) is 4.21. The third-order valence-electron chi connectivity index (χ3n) is 1.79. The van der Waals surface area contributed by atoms with E-state index in [0.29, 0.717) is 14.9 Å². The molecule has 0 unspecified atom stereocenters. The van der Waals surface area contributed by atoms with Gasteiger partial charge in [0, 0.05) is 0 Å². The lowest BCUT2D eigenvalue weighted by Crippen LogP contribution is -2.39. The molecule has 2 heterocycles. The maximum atomic E-state index is 11.7. The lowest BCUT2D eigenvalue weighted by atomic mass is 10.5. The summed E-state index contributed by atoms with van der Waals surface area (Å²) in [6.45, 7) is 3.55. The zero-order valence-electron chi connectivity index (χ0n) is 7.73. The highest BCUT2D eigenvalue weighted by Crippen LogP contribution is 2.11. The van der Waals surface area contributed by atoms with Crippen LogP contribution in [0.3, 0.4) is 0 Å². The highest BCUT2D eigenvalue weighted by atomic mass is 32.1. The molecule has 0 aromatic carbocycles. The SMILES string of the molecule is C=CCOn1c(=O)[nH]c2ccsc2c1=O. The van der Waals surface area contributed by atoms with Crippen molar-refractivity contribution < 1.29 is 4.84 Å². The second-order valence-corrected chi connectivity index (χ2v) is 3.69. The summed E-state index contributed by atoms with van der Waals surface area (Å²) in [5, 5.41) is 1.74. The Labute approximate surface area is 88.2 Å². The van der Waals surface area contributed by atoms with Crippen LogP contribution in [0.1, 0.15) is 0 Å². The largest absolute Gasteiger partial charge is 0.402 e. The molecule has 78 valence electrons. The second-order valence-electron chi connectivity index (χ2n) is 2.78. The number of hydrogen-bond donors (Lipinski definition) is 1. The van der Waals surface area contributed by atoms with Crippen molar-refractivity contribution in [3.8, 4) is 0 Å². The van der Waals surface area contributed by atoms with Gasteiger partial charge in [-0.05, 0) is 11.4 Å². The van der Waals surface area contributed by atoms with Crippen LogP contribution in [0.15, 0.2) is 33.7 Å². The van der Waals surface area contributed by atoms with Gasteiger partial charge >= 0.3 is 11.2 Å². The van der Waals surface area contributed by atoms with Crippen molar-refractivity contribution >= 4 is 21.6 Å². The molecule has 2 rings (SSSR count). The minimum absolute atomic E-state index is 0.111. The molecule has 2 aromatic heterocycles. The molecule has 1 N–H and O–H groups in total. The van der Waals surface area contributed by atoms with Crippen LogP contribution in [-0.2, 0) is 0 Å². The summed E-state index contributed by atoms with van der Waals surface area (Å²) in [5.74, 6) is 0. The first kappa shape index (κ1) is 9.72. The minimum Gasteiger partial charge on any atom is -0.402 e. The fourth-order valence-electron chi connectivity index (χ4n) is 1.17. The molecule has 0 bridgehead atoms. The number of hydrogen-bond acceptors (Lipinski definition) is 4. The number of aromatic amines is 1. The number of nitrogens with zero attached hydrogens (tertiary/aromatic N) is 1. The molecule has 5 nitrogen and oxygen atoms in total. The van der Waals surface area contributed by atoms with Crippen LogP contribution >= 0.6 is 11.3 Å². The van der Waals surface area contributed by atoms with E-state index in [1.165, 1.54) is 17.4 Å². The van der Waals surface area contributed by atoms with E-state index < -0.39 is 11.2 Å². The van der Waals surface area contributed by atoms with Crippen LogP contribution in [0.5, 0.6) is 0 Å². The first-order valence-corrected chi connectivity index (χ1v) is 5.08. The van der Waals surface area contributed by atoms with Crippen molar-refractivity contribution in [2.75, 3.05) is 6.61 Å². The molecule has 0 aliphatic carbocycles. The van der Waals surface area contributed by atoms with Gasteiger partial charge in [0.1, 0.15) is 11.3 Å². The molecule has 0 aliphatic rings. The van der Waals surface area contributed by atoms with Gasteiger partial charge in [0.25, 0.3) is 0 Å². The smallest absolute Gasteiger partial charge is 0.362 e. The van der Waals surface area contributed by atoms with Crippen LogP contribution in [-0.4, -0.2) is 16.3 Å². The fourth-order valence-corrected chi connectivity index (χ4v) is 1.94. The lowest BCUT2D eigenvalue weighted by Gasteiger charge is -2.03. The molecule has 0 amide bonds. The molecule has 2 aromatic rings. The second kappa shape index (κ2) is 3.74. The lowest BCUT2D eigenvalue weighted by molar-refractivity contribution is 0.116. The average Bonchev–Trinajstić information content (AvgIpc) is 2.65. The van der Waals surface area contributed by atoms with Gasteiger partial charge < -0.3 is 9.82 Å². The molecular weight excluding hydrogens is 216 g/mol. The molecule has 0 saturated carbocycles. The van der Waals surface area contributed by atoms with Crippen LogP contribution in [0.25, 0.3) is 10.2 Å². The van der Waals surface area contributed by atoms with E-state index in [9.17, 15) is 9.59 Å². The first-order chi connectivity index (χ1) is 7.24. The fraction of sp³-hybridized carbons (Fsp3) is 0.111. The van der Waals surface area contributed by atoms with Gasteiger partial charge in [-0.15, -0.1) is 11.3 Å². The van der Waals surface area contributed by atoms with Crippen molar-refractivity contribution in [3.05, 3.63) is 44.9 Å². The average molecular weight is 224 g/mol. The van der Waals surface area contributed by atoms with E-state index in [2.05, 4.69) is 11.6 Å². The Balaban J connectivity index is 2.67. The molecule has 0 atom stereocenters. The zero-order chi connectivity index (χ0) is 10.8. The molecule has 15 heavy (non-hydrogen) atoms. The highest BCUT2D eigenvalue weighted by molar-refractivity contribution is 7.17. The Morgan fingerprint density at radius 2 is 2.40 bits per heavy atom. The number of H-pyrrole nitrogens is 1. The van der Waals surface area contributed by atoms with Gasteiger partial charge in [-0.25, -0.2) is 4.79 Å². The summed E-state index contributed by atoms with van der Waals surface area (Å²) in [6.07, 6.45) is 1.46. The maximum Gasteiger partial charge on any atom is 0.362 e. The predicted molar refractivity (Wildman–Crippen MR) is 58.3 cm³/mol. The van der Waals surface area contributed by atoms with E-state index in [1.807, 2.05) is 0 Å². The predicted octanol–water partition coefficient (Wildman–Crippen LogP) is 0.366. The summed E-state index contributed by atoms with van der Waals surface area (Å²) >= 11 is 1.26. The summed E-state index contributed by atoms with van der Waals surface area (Å²) in [7, 11) is 0. The van der Waals surface area contributed by atoms with Crippen LogP contribution in [0.2, 0.25) is 0 Å². The molecule has 6 heteroatoms. The van der Waals surface area contributed by atoms with Crippen molar-refractivity contribution in [2.24, 2.45) is 0 Å². The Kier molecular flexibility index (Phi) is 2.42. The summed E-state index contributed by atoms with van der Waals surface area (Å²) in [6, 6.07) is 1.68. The Hall–Kier alpha value is -1.82. The number of rotatable bonds is 3. The summed E-state index contributed by atoms with van der Waals surface area (Å²) in [5.41, 5.74) is -0.480. The van der Waals surface area contributed by atoms with Crippen LogP contribution in [0, 0.1) is 0 Å². The van der Waals surface area contributed by atoms with Gasteiger partial charge in [0.05, 0.1) is 5.52 Å². The van der Waals surface area contributed by atoms with Crippen molar-refractivity contribution in [2.45, 2.75) is 0 Å². The van der Waals surface area contributed by atoms with Gasteiger partial charge in [-0.2, -0.15) is 0 Å². The van der Waals surface area contributed by atoms with E-state index >= 15 is 0 Å². The molecule has 0 spiro atoms. The molecular formula is C9H8N2O3S. The normalized spacial score (nSPS) is 10.4. The number of thiophene rings is 1. The van der Waals surface area contributed by atoms with Crippen LogP contribution < -0.4 is 16.1 Å².